The number of nitrogens with zero attached hydrogens (tertiary/aromatic N) is 5. The van der Waals surface area contributed by atoms with Crippen LogP contribution in [-0.2, 0) is 4.74 Å². The molecule has 7 nitrogen and oxygen atoms in total. The van der Waals surface area contributed by atoms with Crippen molar-refractivity contribution in [3.63, 3.8) is 0 Å². The Balaban J connectivity index is 1.65. The van der Waals surface area contributed by atoms with Crippen LogP contribution in [0.5, 0.6) is 0 Å². The molecule has 0 bridgehead atoms. The number of hydrogen-bond donors (Lipinski definition) is 1. The van der Waals surface area contributed by atoms with Gasteiger partial charge < -0.3 is 15.0 Å². The summed E-state index contributed by atoms with van der Waals surface area (Å²) in [7, 11) is 0. The molecule has 21 heavy (non-hydrogen) atoms. The second-order valence-electron chi connectivity index (χ2n) is 5.83. The number of nitrogens with one attached hydrogen (secondary N) is 1. The largest absolute Gasteiger partial charge is 0.377 e. The Kier molecular flexibility index (Phi) is 3.23. The zero-order chi connectivity index (χ0) is 14.2. The first kappa shape index (κ1) is 13.0. The molecule has 1 atom stereocenters. The molecule has 1 saturated carbocycles. The zero-order valence-electron chi connectivity index (χ0n) is 12.2. The lowest BCUT2D eigenvalue weighted by atomic mass is 10.2. The lowest BCUT2D eigenvalue weighted by Gasteiger charge is -2.37. The molecule has 7 heteroatoms. The van der Waals surface area contributed by atoms with E-state index in [9.17, 15) is 0 Å². The third kappa shape index (κ3) is 2.58. The van der Waals surface area contributed by atoms with Crippen LogP contribution in [-0.4, -0.2) is 58.0 Å². The minimum atomic E-state index is 0.327. The Morgan fingerprint density at radius 1 is 1.43 bits per heavy atom. The maximum absolute atomic E-state index is 5.67. The number of hydrogen-bond acceptors (Lipinski definition) is 6. The summed E-state index contributed by atoms with van der Waals surface area (Å²) in [5.74, 6) is 1.71. The average Bonchev–Trinajstić information content (AvgIpc) is 3.21. The van der Waals surface area contributed by atoms with Crippen molar-refractivity contribution in [1.29, 1.82) is 0 Å². The molecule has 2 aliphatic rings. The van der Waals surface area contributed by atoms with E-state index in [0.717, 1.165) is 37.8 Å². The average molecular weight is 288 g/mol. The standard InChI is InChI=1S/C14H20N6O/c1-10-6-13(20-14(18-10)16-9-17-20)19-4-5-21-8-12(19)7-15-11-2-3-11/h6,9,11-12,15H,2-5,7-8H2,1H3. The molecule has 112 valence electrons. The third-order valence-electron chi connectivity index (χ3n) is 4.10. The summed E-state index contributed by atoms with van der Waals surface area (Å²) in [5, 5.41) is 7.92. The minimum Gasteiger partial charge on any atom is -0.377 e. The van der Waals surface area contributed by atoms with Gasteiger partial charge in [0.25, 0.3) is 5.78 Å². The van der Waals surface area contributed by atoms with Gasteiger partial charge in [-0.1, -0.05) is 0 Å². The van der Waals surface area contributed by atoms with Gasteiger partial charge in [-0.05, 0) is 19.8 Å². The van der Waals surface area contributed by atoms with Gasteiger partial charge in [-0.3, -0.25) is 0 Å². The summed E-state index contributed by atoms with van der Waals surface area (Å²) in [6.45, 7) is 5.31. The maximum atomic E-state index is 5.67. The van der Waals surface area contributed by atoms with Gasteiger partial charge in [0.15, 0.2) is 0 Å². The van der Waals surface area contributed by atoms with Crippen LogP contribution in [0.1, 0.15) is 18.5 Å². The van der Waals surface area contributed by atoms with Crippen LogP contribution in [0.4, 0.5) is 5.82 Å². The first-order valence-electron chi connectivity index (χ1n) is 7.56. The normalized spacial score (nSPS) is 22.9. The molecule has 0 spiro atoms. The van der Waals surface area contributed by atoms with Crippen molar-refractivity contribution in [3.05, 3.63) is 18.1 Å². The molecule has 4 rings (SSSR count). The van der Waals surface area contributed by atoms with Crippen molar-refractivity contribution in [2.45, 2.75) is 31.8 Å². The van der Waals surface area contributed by atoms with E-state index in [1.807, 2.05) is 11.4 Å². The van der Waals surface area contributed by atoms with Crippen LogP contribution in [0.25, 0.3) is 5.78 Å². The summed E-state index contributed by atoms with van der Waals surface area (Å²) in [6, 6.07) is 3.12. The van der Waals surface area contributed by atoms with Crippen molar-refractivity contribution in [2.75, 3.05) is 31.2 Å². The Morgan fingerprint density at radius 2 is 2.33 bits per heavy atom. The van der Waals surface area contributed by atoms with Crippen molar-refractivity contribution in [3.8, 4) is 0 Å². The van der Waals surface area contributed by atoms with Crippen LogP contribution in [0.3, 0.4) is 0 Å². The summed E-state index contributed by atoms with van der Waals surface area (Å²) >= 11 is 0. The van der Waals surface area contributed by atoms with Gasteiger partial charge in [0, 0.05) is 30.9 Å². The van der Waals surface area contributed by atoms with E-state index in [1.165, 1.54) is 12.8 Å². The molecule has 1 saturated heterocycles. The fourth-order valence-electron chi connectivity index (χ4n) is 2.83. The van der Waals surface area contributed by atoms with Crippen LogP contribution in [0.15, 0.2) is 12.4 Å². The molecule has 1 unspecified atom stereocenters. The minimum absolute atomic E-state index is 0.327. The lowest BCUT2D eigenvalue weighted by molar-refractivity contribution is 0.0930. The first-order chi connectivity index (χ1) is 10.3. The van der Waals surface area contributed by atoms with Gasteiger partial charge >= 0.3 is 0 Å². The highest BCUT2D eigenvalue weighted by atomic mass is 16.5. The smallest absolute Gasteiger partial charge is 0.254 e. The number of aromatic nitrogens is 4. The fourth-order valence-corrected chi connectivity index (χ4v) is 2.83. The SMILES string of the molecule is Cc1cc(N2CCOCC2CNC2CC2)n2ncnc2n1. The van der Waals surface area contributed by atoms with Crippen molar-refractivity contribution >= 4 is 11.6 Å². The van der Waals surface area contributed by atoms with Gasteiger partial charge in [-0.25, -0.2) is 4.98 Å². The maximum Gasteiger partial charge on any atom is 0.254 e. The summed E-state index contributed by atoms with van der Waals surface area (Å²) < 4.78 is 7.49. The van der Waals surface area contributed by atoms with Crippen molar-refractivity contribution < 1.29 is 4.74 Å². The number of aryl methyl sites for hydroxylation is 1. The molecular formula is C14H20N6O. The second kappa shape index (κ2) is 5.23. The van der Waals surface area contributed by atoms with Gasteiger partial charge in [-0.2, -0.15) is 14.6 Å². The Hall–Kier alpha value is -1.73. The fraction of sp³-hybridized carbons (Fsp3) is 0.643. The van der Waals surface area contributed by atoms with E-state index in [1.54, 1.807) is 6.33 Å². The van der Waals surface area contributed by atoms with E-state index >= 15 is 0 Å². The molecule has 1 aliphatic heterocycles. The molecule has 0 radical (unpaired) electrons. The molecule has 2 fully saturated rings. The Bertz CT molecular complexity index is 637. The molecule has 0 amide bonds. The first-order valence-corrected chi connectivity index (χ1v) is 7.56. The Labute approximate surface area is 123 Å². The highest BCUT2D eigenvalue weighted by Gasteiger charge is 2.28. The number of morpholine rings is 1. The van der Waals surface area contributed by atoms with E-state index < -0.39 is 0 Å². The molecule has 0 aromatic carbocycles. The van der Waals surface area contributed by atoms with Crippen molar-refractivity contribution in [1.82, 2.24) is 24.9 Å². The predicted octanol–water partition coefficient (Wildman–Crippen LogP) is 0.390. The molecular weight excluding hydrogens is 268 g/mol. The highest BCUT2D eigenvalue weighted by Crippen LogP contribution is 2.22. The number of rotatable bonds is 4. The van der Waals surface area contributed by atoms with Crippen molar-refractivity contribution in [2.24, 2.45) is 0 Å². The summed E-state index contributed by atoms with van der Waals surface area (Å²) in [6.07, 6.45) is 4.16. The number of ether oxygens (including phenoxy) is 1. The van der Waals surface area contributed by atoms with Gasteiger partial charge in [-0.15, -0.1) is 0 Å². The molecule has 2 aromatic rings. The van der Waals surface area contributed by atoms with E-state index in [4.69, 9.17) is 4.74 Å². The molecule has 1 aliphatic carbocycles. The molecule has 1 N–H and O–H groups in total. The summed E-state index contributed by atoms with van der Waals surface area (Å²) in [5.41, 5.74) is 0.964. The number of fused-ring (bicyclic) bond motifs is 1. The molecule has 3 heterocycles. The quantitative estimate of drug-likeness (QED) is 0.878. The van der Waals surface area contributed by atoms with Gasteiger partial charge in [0.1, 0.15) is 12.1 Å². The predicted molar refractivity (Wildman–Crippen MR) is 78.5 cm³/mol. The van der Waals surface area contributed by atoms with E-state index in [0.29, 0.717) is 17.9 Å². The molecule has 2 aromatic heterocycles. The zero-order valence-corrected chi connectivity index (χ0v) is 12.2. The van der Waals surface area contributed by atoms with Crippen LogP contribution >= 0.6 is 0 Å². The number of anilines is 1. The highest BCUT2D eigenvalue weighted by molar-refractivity contribution is 5.48. The van der Waals surface area contributed by atoms with Gasteiger partial charge in [0.2, 0.25) is 0 Å². The Morgan fingerprint density at radius 3 is 3.19 bits per heavy atom. The van der Waals surface area contributed by atoms with E-state index in [-0.39, 0.29) is 0 Å². The lowest BCUT2D eigenvalue weighted by Crippen LogP contribution is -2.51. The van der Waals surface area contributed by atoms with E-state index in [2.05, 4.69) is 31.3 Å². The van der Waals surface area contributed by atoms with Gasteiger partial charge in [0.05, 0.1) is 19.3 Å². The third-order valence-corrected chi connectivity index (χ3v) is 4.10. The van der Waals surface area contributed by atoms with Crippen LogP contribution in [0.2, 0.25) is 0 Å². The second-order valence-corrected chi connectivity index (χ2v) is 5.83. The van der Waals surface area contributed by atoms with Crippen LogP contribution < -0.4 is 10.2 Å². The summed E-state index contributed by atoms with van der Waals surface area (Å²) in [4.78, 5) is 11.0. The van der Waals surface area contributed by atoms with Crippen LogP contribution in [0, 0.1) is 6.92 Å². The monoisotopic (exact) mass is 288 g/mol. The topological polar surface area (TPSA) is 67.6 Å².